The van der Waals surface area contributed by atoms with Gasteiger partial charge in [0.2, 0.25) is 0 Å². The summed E-state index contributed by atoms with van der Waals surface area (Å²) < 4.78 is 22.5. The van der Waals surface area contributed by atoms with Crippen molar-refractivity contribution in [2.24, 2.45) is 5.10 Å². The lowest BCUT2D eigenvalue weighted by molar-refractivity contribution is 0.305. The number of nitrogens with zero attached hydrogens (tertiary/aromatic N) is 3. The topological polar surface area (TPSA) is 56.5 Å². The number of benzene rings is 3. The smallest absolute Gasteiger partial charge is 0.282 e. The molecule has 0 saturated carbocycles. The Labute approximate surface area is 213 Å². The predicted molar refractivity (Wildman–Crippen MR) is 140 cm³/mol. The highest BCUT2D eigenvalue weighted by Crippen LogP contribution is 2.24. The fourth-order valence-electron chi connectivity index (χ4n) is 3.44. The van der Waals surface area contributed by atoms with E-state index in [4.69, 9.17) is 9.72 Å². The van der Waals surface area contributed by atoms with E-state index in [1.807, 2.05) is 38.1 Å². The van der Waals surface area contributed by atoms with E-state index in [1.54, 1.807) is 30.5 Å². The highest BCUT2D eigenvalue weighted by Gasteiger charge is 2.16. The van der Waals surface area contributed by atoms with Crippen LogP contribution in [0.3, 0.4) is 0 Å². The molecule has 1 atom stereocenters. The van der Waals surface area contributed by atoms with Gasteiger partial charge < -0.3 is 4.74 Å². The third-order valence-corrected chi connectivity index (χ3v) is 6.44. The second-order valence-electron chi connectivity index (χ2n) is 7.90. The van der Waals surface area contributed by atoms with Crippen molar-refractivity contribution in [3.8, 4) is 5.75 Å². The van der Waals surface area contributed by atoms with E-state index in [2.05, 4.69) is 37.0 Å². The number of aromatic nitrogens is 2. The maximum Gasteiger partial charge on any atom is 0.282 e. The standard InChI is InChI=1S/C26H22Br2FN3O2/c1-3-16(2)25-31-23-9-7-20(28)13-22(23)26(33)32(25)30-14-18-12-19(27)8-10-24(18)34-15-17-5-4-6-21(29)11-17/h4-14,16H,3,15H2,1-2H3/t16-/m0/s1. The minimum absolute atomic E-state index is 0.0316. The summed E-state index contributed by atoms with van der Waals surface area (Å²) in [6.45, 7) is 4.26. The summed E-state index contributed by atoms with van der Waals surface area (Å²) >= 11 is 6.91. The van der Waals surface area contributed by atoms with Gasteiger partial charge in [0.05, 0.1) is 17.1 Å². The van der Waals surface area contributed by atoms with Crippen LogP contribution in [0, 0.1) is 5.82 Å². The first kappa shape index (κ1) is 24.3. The molecule has 0 aliphatic rings. The largest absolute Gasteiger partial charge is 0.488 e. The van der Waals surface area contributed by atoms with E-state index in [9.17, 15) is 9.18 Å². The van der Waals surface area contributed by atoms with Crippen molar-refractivity contribution in [3.63, 3.8) is 0 Å². The minimum Gasteiger partial charge on any atom is -0.488 e. The Hall–Kier alpha value is -2.84. The van der Waals surface area contributed by atoms with E-state index in [0.717, 1.165) is 15.4 Å². The van der Waals surface area contributed by atoms with Crippen molar-refractivity contribution in [1.82, 2.24) is 9.66 Å². The average molecular weight is 587 g/mol. The van der Waals surface area contributed by atoms with Crippen molar-refractivity contribution >= 4 is 49.0 Å². The summed E-state index contributed by atoms with van der Waals surface area (Å²) in [7, 11) is 0. The van der Waals surface area contributed by atoms with Gasteiger partial charge in [0.25, 0.3) is 5.56 Å². The van der Waals surface area contributed by atoms with Crippen LogP contribution in [0.5, 0.6) is 5.75 Å². The number of ether oxygens (including phenoxy) is 1. The number of rotatable bonds is 7. The summed E-state index contributed by atoms with van der Waals surface area (Å²) in [6.07, 6.45) is 2.40. The van der Waals surface area contributed by atoms with Gasteiger partial charge in [-0.2, -0.15) is 9.78 Å². The predicted octanol–water partition coefficient (Wildman–Crippen LogP) is 7.04. The van der Waals surface area contributed by atoms with Crippen LogP contribution < -0.4 is 10.3 Å². The Bertz CT molecular complexity index is 1440. The van der Waals surface area contributed by atoms with Crippen LogP contribution >= 0.6 is 31.9 Å². The van der Waals surface area contributed by atoms with Crippen LogP contribution in [0.15, 0.2) is 79.5 Å². The quantitative estimate of drug-likeness (QED) is 0.218. The van der Waals surface area contributed by atoms with Crippen LogP contribution in [0.2, 0.25) is 0 Å². The van der Waals surface area contributed by atoms with Gasteiger partial charge in [-0.3, -0.25) is 4.79 Å². The molecule has 0 aliphatic carbocycles. The molecule has 5 nitrogen and oxygen atoms in total. The van der Waals surface area contributed by atoms with E-state index < -0.39 is 0 Å². The Kier molecular flexibility index (Phi) is 7.58. The molecule has 0 aliphatic heterocycles. The van der Waals surface area contributed by atoms with Gasteiger partial charge in [-0.05, 0) is 60.5 Å². The Morgan fingerprint density at radius 1 is 1.12 bits per heavy atom. The van der Waals surface area contributed by atoms with E-state index in [0.29, 0.717) is 33.6 Å². The van der Waals surface area contributed by atoms with Gasteiger partial charge >= 0.3 is 0 Å². The van der Waals surface area contributed by atoms with Crippen molar-refractivity contribution < 1.29 is 9.13 Å². The summed E-state index contributed by atoms with van der Waals surface area (Å²) in [5.41, 5.74) is 1.78. The van der Waals surface area contributed by atoms with Crippen molar-refractivity contribution in [3.05, 3.63) is 103 Å². The highest BCUT2D eigenvalue weighted by atomic mass is 79.9. The first-order chi connectivity index (χ1) is 16.4. The van der Waals surface area contributed by atoms with Gasteiger partial charge in [0, 0.05) is 20.4 Å². The van der Waals surface area contributed by atoms with E-state index >= 15 is 0 Å². The molecule has 1 aromatic heterocycles. The molecule has 1 heterocycles. The van der Waals surface area contributed by atoms with Crippen LogP contribution in [0.4, 0.5) is 4.39 Å². The fraction of sp³-hybridized carbons (Fsp3) is 0.192. The molecule has 4 aromatic rings. The SMILES string of the molecule is CC[C@H](C)c1nc2ccc(Br)cc2c(=O)n1N=Cc1cc(Br)ccc1OCc1cccc(F)c1. The van der Waals surface area contributed by atoms with Crippen molar-refractivity contribution in [1.29, 1.82) is 0 Å². The second kappa shape index (κ2) is 10.6. The third kappa shape index (κ3) is 5.45. The van der Waals surface area contributed by atoms with Gasteiger partial charge in [0.1, 0.15) is 24.0 Å². The monoisotopic (exact) mass is 585 g/mol. The molecule has 0 spiro atoms. The average Bonchev–Trinajstić information content (AvgIpc) is 2.82. The third-order valence-electron chi connectivity index (χ3n) is 5.45. The Balaban J connectivity index is 1.74. The lowest BCUT2D eigenvalue weighted by atomic mass is 10.1. The lowest BCUT2D eigenvalue weighted by Gasteiger charge is -2.14. The normalized spacial score (nSPS) is 12.4. The summed E-state index contributed by atoms with van der Waals surface area (Å²) in [5, 5.41) is 5.02. The maximum absolute atomic E-state index is 13.5. The Morgan fingerprint density at radius 3 is 2.65 bits per heavy atom. The first-order valence-electron chi connectivity index (χ1n) is 10.8. The molecule has 34 heavy (non-hydrogen) atoms. The summed E-state index contributed by atoms with van der Waals surface area (Å²) in [6, 6.07) is 17.2. The van der Waals surface area contributed by atoms with Gasteiger partial charge in [-0.15, -0.1) is 0 Å². The molecule has 0 unspecified atom stereocenters. The molecule has 8 heteroatoms. The molecule has 0 fully saturated rings. The van der Waals surface area contributed by atoms with Crippen molar-refractivity contribution in [2.45, 2.75) is 32.8 Å². The molecule has 0 radical (unpaired) electrons. The first-order valence-corrected chi connectivity index (χ1v) is 12.4. The molecule has 4 rings (SSSR count). The molecule has 0 amide bonds. The number of fused-ring (bicyclic) bond motifs is 1. The highest BCUT2D eigenvalue weighted by molar-refractivity contribution is 9.10. The van der Waals surface area contributed by atoms with Gasteiger partial charge in [0.15, 0.2) is 0 Å². The van der Waals surface area contributed by atoms with Crippen LogP contribution in [0.1, 0.15) is 43.1 Å². The van der Waals surface area contributed by atoms with E-state index in [1.165, 1.54) is 16.8 Å². The molecule has 0 bridgehead atoms. The molecule has 0 saturated heterocycles. The zero-order valence-electron chi connectivity index (χ0n) is 18.6. The molecule has 174 valence electrons. The summed E-state index contributed by atoms with van der Waals surface area (Å²) in [5.74, 6) is 0.872. The fourth-order valence-corrected chi connectivity index (χ4v) is 4.18. The zero-order chi connectivity index (χ0) is 24.2. The molecule has 0 N–H and O–H groups in total. The number of hydrogen-bond acceptors (Lipinski definition) is 4. The molecular formula is C26H22Br2FN3O2. The summed E-state index contributed by atoms with van der Waals surface area (Å²) in [4.78, 5) is 18.1. The maximum atomic E-state index is 13.5. The van der Waals surface area contributed by atoms with Crippen LogP contribution in [0.25, 0.3) is 10.9 Å². The van der Waals surface area contributed by atoms with Gasteiger partial charge in [-0.1, -0.05) is 57.8 Å². The second-order valence-corrected chi connectivity index (χ2v) is 9.73. The molecular weight excluding hydrogens is 565 g/mol. The molecule has 3 aromatic carbocycles. The number of halogens is 3. The van der Waals surface area contributed by atoms with Crippen molar-refractivity contribution in [2.75, 3.05) is 0 Å². The van der Waals surface area contributed by atoms with Gasteiger partial charge in [-0.25, -0.2) is 9.37 Å². The van der Waals surface area contributed by atoms with Crippen LogP contribution in [-0.2, 0) is 6.61 Å². The number of hydrogen-bond donors (Lipinski definition) is 0. The van der Waals surface area contributed by atoms with Crippen LogP contribution in [-0.4, -0.2) is 15.9 Å². The minimum atomic E-state index is -0.314. The lowest BCUT2D eigenvalue weighted by Crippen LogP contribution is -2.23. The van der Waals surface area contributed by atoms with E-state index in [-0.39, 0.29) is 23.9 Å². The zero-order valence-corrected chi connectivity index (χ0v) is 21.8. The Morgan fingerprint density at radius 2 is 1.88 bits per heavy atom.